The Kier molecular flexibility index (Phi) is 3.26. The summed E-state index contributed by atoms with van der Waals surface area (Å²) in [5.41, 5.74) is 2.54. The summed E-state index contributed by atoms with van der Waals surface area (Å²) in [7, 11) is 0. The lowest BCUT2D eigenvalue weighted by atomic mass is 10.1. The van der Waals surface area contributed by atoms with E-state index in [1.165, 1.54) is 0 Å². The van der Waals surface area contributed by atoms with Crippen LogP contribution in [0.4, 0.5) is 0 Å². The number of thiophene rings is 1. The molecule has 0 spiro atoms. The van der Waals surface area contributed by atoms with Gasteiger partial charge in [0.25, 0.3) is 0 Å². The minimum Gasteiger partial charge on any atom is -0.226 e. The Morgan fingerprint density at radius 3 is 2.60 bits per heavy atom. The van der Waals surface area contributed by atoms with Crippen LogP contribution in [0.2, 0.25) is 5.15 Å². The maximum atomic E-state index is 6.17. The summed E-state index contributed by atoms with van der Waals surface area (Å²) >= 11 is 7.80. The summed E-state index contributed by atoms with van der Waals surface area (Å²) in [5, 5.41) is 15.0. The van der Waals surface area contributed by atoms with Crippen LogP contribution in [-0.4, -0.2) is 24.8 Å². The van der Waals surface area contributed by atoms with Gasteiger partial charge in [0.05, 0.1) is 16.0 Å². The number of hydrogen-bond donors (Lipinski definition) is 0. The molecule has 4 aromatic heterocycles. The van der Waals surface area contributed by atoms with E-state index in [0.29, 0.717) is 5.15 Å². The number of imidazole rings is 1. The van der Waals surface area contributed by atoms with Crippen molar-refractivity contribution < 1.29 is 0 Å². The smallest absolute Gasteiger partial charge is 0.159 e. The maximum absolute atomic E-state index is 6.17. The highest BCUT2D eigenvalue weighted by Gasteiger charge is 2.14. The average molecular weight is 364 g/mol. The molecule has 0 unspecified atom stereocenters. The molecule has 0 fully saturated rings. The molecule has 120 valence electrons. The molecule has 4 heterocycles. The molecule has 0 bridgehead atoms. The molecule has 0 aliphatic rings. The molecule has 0 N–H and O–H groups in total. The molecule has 0 atom stereocenters. The van der Waals surface area contributed by atoms with Gasteiger partial charge >= 0.3 is 0 Å². The molecule has 0 aliphatic heterocycles. The molecular weight excluding hydrogens is 354 g/mol. The first-order chi connectivity index (χ1) is 12.3. The molecule has 0 radical (unpaired) electrons. The Morgan fingerprint density at radius 1 is 0.880 bits per heavy atom. The van der Waals surface area contributed by atoms with Crippen LogP contribution in [0.1, 0.15) is 0 Å². The fourth-order valence-corrected chi connectivity index (χ4v) is 3.97. The Labute approximate surface area is 151 Å². The van der Waals surface area contributed by atoms with E-state index in [9.17, 15) is 0 Å². The largest absolute Gasteiger partial charge is 0.226 e. The van der Waals surface area contributed by atoms with Crippen LogP contribution >= 0.6 is 22.9 Å². The topological polar surface area (TPSA) is 56.0 Å². The summed E-state index contributed by atoms with van der Waals surface area (Å²) in [6.07, 6.45) is 3.67. The molecule has 0 saturated heterocycles. The van der Waals surface area contributed by atoms with Crippen molar-refractivity contribution in [3.8, 4) is 21.1 Å². The van der Waals surface area contributed by atoms with Crippen LogP contribution in [0.3, 0.4) is 0 Å². The van der Waals surface area contributed by atoms with Gasteiger partial charge in [-0.1, -0.05) is 35.9 Å². The van der Waals surface area contributed by atoms with E-state index in [1.807, 2.05) is 54.7 Å². The van der Waals surface area contributed by atoms with Gasteiger partial charge in [0.2, 0.25) is 0 Å². The number of hydrogen-bond acceptors (Lipinski definition) is 5. The summed E-state index contributed by atoms with van der Waals surface area (Å²) in [6.45, 7) is 0. The molecule has 25 heavy (non-hydrogen) atoms. The van der Waals surface area contributed by atoms with Crippen molar-refractivity contribution in [2.45, 2.75) is 0 Å². The Hall–Kier alpha value is -2.83. The fraction of sp³-hybridized carbons (Fsp3) is 0. The first kappa shape index (κ1) is 14.5. The second kappa shape index (κ2) is 5.61. The van der Waals surface area contributed by atoms with Gasteiger partial charge < -0.3 is 0 Å². The van der Waals surface area contributed by atoms with Crippen molar-refractivity contribution >= 4 is 39.4 Å². The molecular formula is C18H10ClN5S. The maximum Gasteiger partial charge on any atom is 0.159 e. The number of fused-ring (bicyclic) bond motifs is 2. The van der Waals surface area contributed by atoms with Gasteiger partial charge in [-0.05, 0) is 24.3 Å². The number of aromatic nitrogens is 5. The first-order valence-electron chi connectivity index (χ1n) is 7.61. The van der Waals surface area contributed by atoms with Crippen molar-refractivity contribution in [3.63, 3.8) is 0 Å². The van der Waals surface area contributed by atoms with Gasteiger partial charge in [0.1, 0.15) is 11.4 Å². The second-order valence-electron chi connectivity index (χ2n) is 5.50. The predicted molar refractivity (Wildman–Crippen MR) is 99.8 cm³/mol. The standard InChI is InChI=1S/C18H10ClN5S/c19-18-12-5-2-1-4-11(12)17(22-23-18)15-8-7-14(25-15)13-10-24-16(21-13)6-3-9-20-24/h1-10H. The van der Waals surface area contributed by atoms with E-state index in [0.717, 1.165) is 37.6 Å². The predicted octanol–water partition coefficient (Wildman–Crippen LogP) is 4.72. The van der Waals surface area contributed by atoms with Gasteiger partial charge in [0, 0.05) is 17.0 Å². The molecule has 1 aromatic carbocycles. The quantitative estimate of drug-likeness (QED) is 0.455. The summed E-state index contributed by atoms with van der Waals surface area (Å²) < 4.78 is 1.77. The molecule has 7 heteroatoms. The highest BCUT2D eigenvalue weighted by molar-refractivity contribution is 7.18. The van der Waals surface area contributed by atoms with Gasteiger partial charge in [-0.15, -0.1) is 21.5 Å². The Bertz CT molecular complexity index is 1190. The van der Waals surface area contributed by atoms with Crippen molar-refractivity contribution in [3.05, 3.63) is 66.1 Å². The number of halogens is 1. The van der Waals surface area contributed by atoms with Crippen molar-refractivity contribution in [1.82, 2.24) is 24.8 Å². The van der Waals surface area contributed by atoms with Crippen LogP contribution in [0.5, 0.6) is 0 Å². The van der Waals surface area contributed by atoms with Gasteiger partial charge in [-0.2, -0.15) is 5.10 Å². The van der Waals surface area contributed by atoms with E-state index in [4.69, 9.17) is 11.6 Å². The summed E-state index contributed by atoms with van der Waals surface area (Å²) in [4.78, 5) is 6.71. The average Bonchev–Trinajstić information content (AvgIpc) is 3.29. The van der Waals surface area contributed by atoms with Crippen LogP contribution in [0.15, 0.2) is 60.9 Å². The van der Waals surface area contributed by atoms with Crippen LogP contribution in [-0.2, 0) is 0 Å². The number of rotatable bonds is 2. The lowest BCUT2D eigenvalue weighted by molar-refractivity contribution is 0.936. The fourth-order valence-electron chi connectivity index (χ4n) is 2.81. The summed E-state index contributed by atoms with van der Waals surface area (Å²) in [6, 6.07) is 15.8. The van der Waals surface area contributed by atoms with Crippen LogP contribution in [0, 0.1) is 0 Å². The van der Waals surface area contributed by atoms with Crippen LogP contribution < -0.4 is 0 Å². The van der Waals surface area contributed by atoms with E-state index in [1.54, 1.807) is 22.0 Å². The van der Waals surface area contributed by atoms with E-state index in [-0.39, 0.29) is 0 Å². The monoisotopic (exact) mass is 363 g/mol. The van der Waals surface area contributed by atoms with E-state index >= 15 is 0 Å². The first-order valence-corrected chi connectivity index (χ1v) is 8.81. The van der Waals surface area contributed by atoms with Gasteiger partial charge in [-0.25, -0.2) is 9.50 Å². The van der Waals surface area contributed by atoms with Gasteiger partial charge in [0.15, 0.2) is 10.8 Å². The highest BCUT2D eigenvalue weighted by atomic mass is 35.5. The van der Waals surface area contributed by atoms with E-state index < -0.39 is 0 Å². The summed E-state index contributed by atoms with van der Waals surface area (Å²) in [5.74, 6) is 0. The Morgan fingerprint density at radius 2 is 1.72 bits per heavy atom. The third-order valence-corrected chi connectivity index (χ3v) is 5.36. The second-order valence-corrected chi connectivity index (χ2v) is 6.94. The third-order valence-electron chi connectivity index (χ3n) is 3.97. The third kappa shape index (κ3) is 2.38. The Balaban J connectivity index is 1.65. The number of nitrogens with zero attached hydrogens (tertiary/aromatic N) is 5. The molecule has 5 rings (SSSR count). The molecule has 5 nitrogen and oxygen atoms in total. The zero-order valence-corrected chi connectivity index (χ0v) is 14.4. The minimum atomic E-state index is 0.419. The lowest BCUT2D eigenvalue weighted by Gasteiger charge is -2.03. The SMILES string of the molecule is Clc1nnc(-c2ccc(-c3cn4ncccc4n3)s2)c2ccccc12. The zero-order valence-electron chi connectivity index (χ0n) is 12.8. The van der Waals surface area contributed by atoms with E-state index in [2.05, 4.69) is 20.3 Å². The molecule has 5 aromatic rings. The van der Waals surface area contributed by atoms with Crippen molar-refractivity contribution in [2.75, 3.05) is 0 Å². The minimum absolute atomic E-state index is 0.419. The zero-order chi connectivity index (χ0) is 16.8. The lowest BCUT2D eigenvalue weighted by Crippen LogP contribution is -1.89. The van der Waals surface area contributed by atoms with Crippen molar-refractivity contribution in [2.24, 2.45) is 0 Å². The highest BCUT2D eigenvalue weighted by Crippen LogP contribution is 2.36. The number of benzene rings is 1. The van der Waals surface area contributed by atoms with Crippen LogP contribution in [0.25, 0.3) is 37.6 Å². The molecule has 0 aliphatic carbocycles. The normalized spacial score (nSPS) is 11.4. The van der Waals surface area contributed by atoms with Gasteiger partial charge in [-0.3, -0.25) is 0 Å². The molecule has 0 amide bonds. The van der Waals surface area contributed by atoms with Crippen molar-refractivity contribution in [1.29, 1.82) is 0 Å². The molecule has 0 saturated carbocycles.